The monoisotopic (exact) mass is 272 g/mol. The average Bonchev–Trinajstić information content (AvgIpc) is 2.29. The van der Waals surface area contributed by atoms with Crippen LogP contribution in [0, 0.1) is 0 Å². The van der Waals surface area contributed by atoms with Gasteiger partial charge < -0.3 is 10.8 Å². The van der Waals surface area contributed by atoms with E-state index in [-0.39, 0.29) is 17.4 Å². The number of aromatic carboxylic acids is 1. The summed E-state index contributed by atoms with van der Waals surface area (Å²) in [5, 5.41) is 9.06. The van der Waals surface area contributed by atoms with Gasteiger partial charge in [0.1, 0.15) is 5.56 Å². The van der Waals surface area contributed by atoms with Crippen molar-refractivity contribution in [1.82, 2.24) is 0 Å². The van der Waals surface area contributed by atoms with E-state index in [0.717, 1.165) is 5.56 Å². The van der Waals surface area contributed by atoms with Crippen LogP contribution in [0.15, 0.2) is 18.2 Å². The van der Waals surface area contributed by atoms with Gasteiger partial charge in [0.25, 0.3) is 0 Å². The summed E-state index contributed by atoms with van der Waals surface area (Å²) in [7, 11) is -1.15. The summed E-state index contributed by atoms with van der Waals surface area (Å²) in [4.78, 5) is 11.1. The fourth-order valence-corrected chi connectivity index (χ4v) is 1.83. The van der Waals surface area contributed by atoms with Gasteiger partial charge in [-0.3, -0.25) is 0 Å². The number of nitrogens with two attached hydrogens (primary N) is 1. The Labute approximate surface area is 106 Å². The van der Waals surface area contributed by atoms with Crippen LogP contribution in [-0.2, 0) is 15.5 Å². The number of carboxylic acid groups (broad SMARTS) is 1. The van der Waals surface area contributed by atoms with Crippen LogP contribution in [0.1, 0.15) is 22.8 Å². The molecule has 0 saturated heterocycles. The zero-order chi connectivity index (χ0) is 13.7. The Balaban J connectivity index is 3.04. The zero-order valence-electron chi connectivity index (χ0n) is 10.1. The number of carboxylic acids is 1. The van der Waals surface area contributed by atoms with E-state index in [1.807, 2.05) is 6.92 Å². The molecule has 0 aliphatic rings. The first-order valence-electron chi connectivity index (χ1n) is 5.25. The van der Waals surface area contributed by atoms with Crippen LogP contribution >= 0.6 is 8.25 Å². The molecule has 0 aliphatic carbocycles. The fourth-order valence-electron chi connectivity index (χ4n) is 1.44. The van der Waals surface area contributed by atoms with Crippen molar-refractivity contribution in [2.24, 2.45) is 5.73 Å². The normalized spacial score (nSPS) is 12.9. The Hall–Kier alpha value is -1.49. The Bertz CT molecular complexity index is 461. The summed E-state index contributed by atoms with van der Waals surface area (Å²) in [6.45, 7) is 1.83. The van der Waals surface area contributed by atoms with Crippen molar-refractivity contribution in [2.75, 3.05) is 7.11 Å². The summed E-state index contributed by atoms with van der Waals surface area (Å²) >= 11 is 0. The maximum absolute atomic E-state index is 11.1. The van der Waals surface area contributed by atoms with E-state index in [1.54, 1.807) is 6.07 Å². The quantitative estimate of drug-likeness (QED) is 0.768. The molecule has 0 amide bonds. The minimum Gasteiger partial charge on any atom is -0.478 e. The first-order chi connectivity index (χ1) is 8.43. The molecule has 0 bridgehead atoms. The topological polar surface area (TPSA) is 98.9 Å². The molecule has 6 nitrogen and oxygen atoms in total. The van der Waals surface area contributed by atoms with Crippen molar-refractivity contribution >= 4 is 14.2 Å². The van der Waals surface area contributed by atoms with Gasteiger partial charge in [0.05, 0.1) is 7.11 Å². The van der Waals surface area contributed by atoms with E-state index in [9.17, 15) is 9.36 Å². The van der Waals surface area contributed by atoms with E-state index in [1.165, 1.54) is 19.2 Å². The van der Waals surface area contributed by atoms with Crippen molar-refractivity contribution in [3.8, 4) is 5.75 Å². The third kappa shape index (κ3) is 4.07. The van der Waals surface area contributed by atoms with Gasteiger partial charge in [-0.05, 0) is 31.0 Å². The molecule has 1 unspecified atom stereocenters. The second kappa shape index (κ2) is 6.44. The van der Waals surface area contributed by atoms with E-state index in [4.69, 9.17) is 15.4 Å². The SMILES string of the molecule is CO[P+](=O)Oc1ccc(C[C@@H](C)N)cc1C(=O)O. The standard InChI is InChI=1S/C11H14NO5P/c1-7(12)5-8-3-4-10(17-18(15)16-2)9(6-8)11(13)14/h3-4,6-7H,5,12H2,1-2H3/p+1/t7-/m1/s1. The number of rotatable bonds is 6. The molecule has 98 valence electrons. The Morgan fingerprint density at radius 2 is 2.22 bits per heavy atom. The molecular formula is C11H15NO5P+. The average molecular weight is 272 g/mol. The molecule has 0 saturated carbocycles. The molecular weight excluding hydrogens is 257 g/mol. The maximum Gasteiger partial charge on any atom is 0.749 e. The molecule has 0 radical (unpaired) electrons. The van der Waals surface area contributed by atoms with Gasteiger partial charge in [0.15, 0.2) is 0 Å². The van der Waals surface area contributed by atoms with Crippen molar-refractivity contribution in [1.29, 1.82) is 0 Å². The molecule has 1 aromatic carbocycles. The summed E-state index contributed by atoms with van der Waals surface area (Å²) in [5.74, 6) is -1.14. The zero-order valence-corrected chi connectivity index (χ0v) is 11.0. The third-order valence-corrected chi connectivity index (χ3v) is 2.80. The highest BCUT2D eigenvalue weighted by atomic mass is 31.1. The molecule has 18 heavy (non-hydrogen) atoms. The number of carbonyl (C=O) groups is 1. The highest BCUT2D eigenvalue weighted by molar-refractivity contribution is 7.33. The van der Waals surface area contributed by atoms with Gasteiger partial charge >= 0.3 is 14.2 Å². The van der Waals surface area contributed by atoms with Gasteiger partial charge in [-0.2, -0.15) is 0 Å². The van der Waals surface area contributed by atoms with Crippen molar-refractivity contribution in [3.05, 3.63) is 29.3 Å². The van der Waals surface area contributed by atoms with Crippen LogP contribution in [0.4, 0.5) is 0 Å². The lowest BCUT2D eigenvalue weighted by molar-refractivity contribution is 0.0694. The van der Waals surface area contributed by atoms with Crippen LogP contribution in [0.5, 0.6) is 5.75 Å². The van der Waals surface area contributed by atoms with Gasteiger partial charge in [0.2, 0.25) is 5.75 Å². The smallest absolute Gasteiger partial charge is 0.478 e. The van der Waals surface area contributed by atoms with Crippen LogP contribution in [0.2, 0.25) is 0 Å². The molecule has 1 rings (SSSR count). The highest BCUT2D eigenvalue weighted by Gasteiger charge is 2.24. The Morgan fingerprint density at radius 3 is 2.72 bits per heavy atom. The lowest BCUT2D eigenvalue weighted by Crippen LogP contribution is -2.18. The van der Waals surface area contributed by atoms with Gasteiger partial charge in [-0.25, -0.2) is 9.32 Å². The molecule has 1 aromatic rings. The maximum atomic E-state index is 11.1. The lowest BCUT2D eigenvalue weighted by atomic mass is 10.0. The number of benzene rings is 1. The fraction of sp³-hybridized carbons (Fsp3) is 0.364. The summed E-state index contributed by atoms with van der Waals surface area (Å²) in [6.07, 6.45) is 0.553. The van der Waals surface area contributed by atoms with Crippen LogP contribution < -0.4 is 10.3 Å². The Kier molecular flexibility index (Phi) is 5.22. The summed E-state index contributed by atoms with van der Waals surface area (Å²) < 4.78 is 20.5. The minimum atomic E-state index is -2.36. The molecule has 0 aromatic heterocycles. The van der Waals surface area contributed by atoms with Crippen molar-refractivity contribution in [3.63, 3.8) is 0 Å². The second-order valence-corrected chi connectivity index (χ2v) is 4.81. The molecule has 7 heteroatoms. The van der Waals surface area contributed by atoms with Crippen molar-refractivity contribution < 1.29 is 23.5 Å². The van der Waals surface area contributed by atoms with Gasteiger partial charge in [-0.15, -0.1) is 4.52 Å². The van der Waals surface area contributed by atoms with Crippen LogP contribution in [0.25, 0.3) is 0 Å². The Morgan fingerprint density at radius 1 is 1.56 bits per heavy atom. The largest absolute Gasteiger partial charge is 0.749 e. The first kappa shape index (κ1) is 14.6. The van der Waals surface area contributed by atoms with Crippen LogP contribution in [-0.4, -0.2) is 24.2 Å². The number of hydrogen-bond donors (Lipinski definition) is 2. The minimum absolute atomic E-state index is 0.0129. The first-order valence-corrected chi connectivity index (χ1v) is 6.34. The second-order valence-electron chi connectivity index (χ2n) is 3.81. The van der Waals surface area contributed by atoms with E-state index in [2.05, 4.69) is 4.52 Å². The van der Waals surface area contributed by atoms with Gasteiger partial charge in [-0.1, -0.05) is 6.07 Å². The third-order valence-electron chi connectivity index (χ3n) is 2.15. The molecule has 0 spiro atoms. The molecule has 0 heterocycles. The van der Waals surface area contributed by atoms with Gasteiger partial charge in [0, 0.05) is 10.6 Å². The van der Waals surface area contributed by atoms with Crippen molar-refractivity contribution in [2.45, 2.75) is 19.4 Å². The molecule has 0 fully saturated rings. The predicted molar refractivity (Wildman–Crippen MR) is 66.0 cm³/mol. The number of hydrogen-bond acceptors (Lipinski definition) is 5. The highest BCUT2D eigenvalue weighted by Crippen LogP contribution is 2.30. The van der Waals surface area contributed by atoms with E-state index < -0.39 is 14.2 Å². The summed E-state index contributed by atoms with van der Waals surface area (Å²) in [5.41, 5.74) is 6.36. The summed E-state index contributed by atoms with van der Waals surface area (Å²) in [6, 6.07) is 4.52. The molecule has 0 aliphatic heterocycles. The molecule has 3 N–H and O–H groups in total. The predicted octanol–water partition coefficient (Wildman–Crippen LogP) is 1.96. The van der Waals surface area contributed by atoms with E-state index in [0.29, 0.717) is 6.42 Å². The molecule has 2 atom stereocenters. The van der Waals surface area contributed by atoms with Crippen LogP contribution in [0.3, 0.4) is 0 Å². The van der Waals surface area contributed by atoms with E-state index >= 15 is 0 Å². The lowest BCUT2D eigenvalue weighted by Gasteiger charge is -2.07.